The highest BCUT2D eigenvalue weighted by atomic mass is 16.5. The summed E-state index contributed by atoms with van der Waals surface area (Å²) in [6.07, 6.45) is 1.46. The number of hydrogen-bond donors (Lipinski definition) is 0. The number of benzene rings is 1. The van der Waals surface area contributed by atoms with Gasteiger partial charge in [0.15, 0.2) is 0 Å². The van der Waals surface area contributed by atoms with Gasteiger partial charge in [-0.25, -0.2) is 0 Å². The van der Waals surface area contributed by atoms with E-state index in [1.54, 1.807) is 14.0 Å². The molecular formula is C15H20O4. The summed E-state index contributed by atoms with van der Waals surface area (Å²) in [6.45, 7) is 2.11. The van der Waals surface area contributed by atoms with E-state index >= 15 is 0 Å². The second kappa shape index (κ2) is 8.29. The Hall–Kier alpha value is -1.84. The first-order chi connectivity index (χ1) is 9.17. The molecule has 19 heavy (non-hydrogen) atoms. The smallest absolute Gasteiger partial charge is 0.306 e. The predicted octanol–water partition coefficient (Wildman–Crippen LogP) is 2.54. The van der Waals surface area contributed by atoms with E-state index < -0.39 is 0 Å². The van der Waals surface area contributed by atoms with Gasteiger partial charge >= 0.3 is 5.97 Å². The number of carbonyl (C=O) groups is 2. The quantitative estimate of drug-likeness (QED) is 0.677. The monoisotopic (exact) mass is 264 g/mol. The Kier molecular flexibility index (Phi) is 6.64. The van der Waals surface area contributed by atoms with Gasteiger partial charge in [-0.15, -0.1) is 0 Å². The van der Waals surface area contributed by atoms with Crippen LogP contribution in [0.25, 0.3) is 0 Å². The summed E-state index contributed by atoms with van der Waals surface area (Å²) in [5, 5.41) is 0. The van der Waals surface area contributed by atoms with Gasteiger partial charge in [0.1, 0.15) is 11.5 Å². The number of ketones is 1. The highest BCUT2D eigenvalue weighted by Gasteiger charge is 2.09. The van der Waals surface area contributed by atoms with Crippen molar-refractivity contribution >= 4 is 11.8 Å². The van der Waals surface area contributed by atoms with Gasteiger partial charge in [0.2, 0.25) is 0 Å². The third-order valence-corrected chi connectivity index (χ3v) is 2.78. The van der Waals surface area contributed by atoms with Crippen molar-refractivity contribution in [1.82, 2.24) is 0 Å². The summed E-state index contributed by atoms with van der Waals surface area (Å²) in [6, 6.07) is 7.63. The zero-order chi connectivity index (χ0) is 14.1. The van der Waals surface area contributed by atoms with Crippen LogP contribution < -0.4 is 4.74 Å². The van der Waals surface area contributed by atoms with E-state index in [0.29, 0.717) is 19.4 Å². The first-order valence-corrected chi connectivity index (χ1v) is 6.46. The van der Waals surface area contributed by atoms with Gasteiger partial charge in [0, 0.05) is 12.8 Å². The molecule has 4 heteroatoms. The van der Waals surface area contributed by atoms with Crippen molar-refractivity contribution in [3.8, 4) is 5.75 Å². The Balaban J connectivity index is 2.35. The number of esters is 1. The van der Waals surface area contributed by atoms with E-state index in [-0.39, 0.29) is 24.6 Å². The molecule has 0 fully saturated rings. The lowest BCUT2D eigenvalue weighted by Gasteiger charge is -2.07. The minimum Gasteiger partial charge on any atom is -0.496 e. The zero-order valence-corrected chi connectivity index (χ0v) is 11.5. The van der Waals surface area contributed by atoms with E-state index in [0.717, 1.165) is 11.3 Å². The highest BCUT2D eigenvalue weighted by molar-refractivity contribution is 5.83. The molecule has 0 radical (unpaired) electrons. The van der Waals surface area contributed by atoms with Crippen molar-refractivity contribution in [3.63, 3.8) is 0 Å². The van der Waals surface area contributed by atoms with Gasteiger partial charge in [-0.05, 0) is 25.0 Å². The summed E-state index contributed by atoms with van der Waals surface area (Å²) in [4.78, 5) is 22.8. The number of para-hydroxylation sites is 1. The molecule has 0 aromatic heterocycles. The molecule has 0 unspecified atom stereocenters. The molecule has 0 amide bonds. The molecule has 0 aliphatic rings. The summed E-state index contributed by atoms with van der Waals surface area (Å²) in [7, 11) is 1.61. The lowest BCUT2D eigenvalue weighted by Crippen LogP contribution is -2.08. The third kappa shape index (κ3) is 5.55. The molecular weight excluding hydrogens is 244 g/mol. The van der Waals surface area contributed by atoms with Crippen molar-refractivity contribution in [1.29, 1.82) is 0 Å². The molecule has 0 aliphatic heterocycles. The first-order valence-electron chi connectivity index (χ1n) is 6.46. The first kappa shape index (κ1) is 15.2. The molecule has 0 N–H and O–H groups in total. The molecule has 104 valence electrons. The largest absolute Gasteiger partial charge is 0.496 e. The van der Waals surface area contributed by atoms with Crippen LogP contribution in [0.4, 0.5) is 0 Å². The maximum atomic E-state index is 11.7. The molecule has 0 spiro atoms. The van der Waals surface area contributed by atoms with Gasteiger partial charge in [0.05, 0.1) is 20.1 Å². The van der Waals surface area contributed by atoms with Crippen LogP contribution >= 0.6 is 0 Å². The van der Waals surface area contributed by atoms with Crippen molar-refractivity contribution in [2.75, 3.05) is 13.7 Å². The van der Waals surface area contributed by atoms with Crippen molar-refractivity contribution in [2.24, 2.45) is 0 Å². The molecule has 1 rings (SSSR count). The fourth-order valence-corrected chi connectivity index (χ4v) is 1.78. The number of aryl methyl sites for hydroxylation is 1. The second-order valence-electron chi connectivity index (χ2n) is 4.16. The van der Waals surface area contributed by atoms with Gasteiger partial charge in [0.25, 0.3) is 0 Å². The van der Waals surface area contributed by atoms with Crippen molar-refractivity contribution in [2.45, 2.75) is 32.6 Å². The zero-order valence-electron chi connectivity index (χ0n) is 11.5. The topological polar surface area (TPSA) is 52.6 Å². The maximum absolute atomic E-state index is 11.7. The molecule has 0 saturated heterocycles. The highest BCUT2D eigenvalue weighted by Crippen LogP contribution is 2.19. The number of ether oxygens (including phenoxy) is 2. The Morgan fingerprint density at radius 1 is 1.11 bits per heavy atom. The minimum absolute atomic E-state index is 0.0685. The Bertz CT molecular complexity index is 426. The van der Waals surface area contributed by atoms with E-state index in [1.165, 1.54) is 0 Å². The summed E-state index contributed by atoms with van der Waals surface area (Å²) in [5.74, 6) is 0.549. The molecule has 4 nitrogen and oxygen atoms in total. The lowest BCUT2D eigenvalue weighted by atomic mass is 10.0. The normalized spacial score (nSPS) is 10.0. The van der Waals surface area contributed by atoms with E-state index in [1.807, 2.05) is 24.3 Å². The average molecular weight is 264 g/mol. The second-order valence-corrected chi connectivity index (χ2v) is 4.16. The number of rotatable bonds is 8. The van der Waals surface area contributed by atoms with E-state index in [2.05, 4.69) is 0 Å². The fraction of sp³-hybridized carbons (Fsp3) is 0.467. The number of Topliss-reactive ketones (excluding diaryl/α,β-unsaturated/α-hetero) is 1. The molecule has 0 aliphatic carbocycles. The fourth-order valence-electron chi connectivity index (χ4n) is 1.78. The van der Waals surface area contributed by atoms with Crippen molar-refractivity contribution in [3.05, 3.63) is 29.8 Å². The van der Waals surface area contributed by atoms with Crippen LogP contribution in [0.3, 0.4) is 0 Å². The van der Waals surface area contributed by atoms with Gasteiger partial charge in [-0.2, -0.15) is 0 Å². The van der Waals surface area contributed by atoms with Crippen molar-refractivity contribution < 1.29 is 19.1 Å². The number of carbonyl (C=O) groups excluding carboxylic acids is 2. The molecule has 0 heterocycles. The Morgan fingerprint density at radius 3 is 2.53 bits per heavy atom. The van der Waals surface area contributed by atoms with Crippen LogP contribution in [0.2, 0.25) is 0 Å². The minimum atomic E-state index is -0.312. The number of methoxy groups -OCH3 is 1. The van der Waals surface area contributed by atoms with Gasteiger partial charge in [-0.3, -0.25) is 9.59 Å². The molecule has 0 bridgehead atoms. The summed E-state index contributed by atoms with van der Waals surface area (Å²) in [5.41, 5.74) is 1.01. The molecule has 0 saturated carbocycles. The van der Waals surface area contributed by atoms with Crippen LogP contribution in [0.5, 0.6) is 5.75 Å². The number of hydrogen-bond acceptors (Lipinski definition) is 4. The van der Waals surface area contributed by atoms with Crippen LogP contribution in [-0.4, -0.2) is 25.5 Å². The summed E-state index contributed by atoms with van der Waals surface area (Å²) >= 11 is 0. The summed E-state index contributed by atoms with van der Waals surface area (Å²) < 4.78 is 10.0. The van der Waals surface area contributed by atoms with Gasteiger partial charge < -0.3 is 9.47 Å². The Labute approximate surface area is 113 Å². The van der Waals surface area contributed by atoms with Crippen LogP contribution in [0.15, 0.2) is 24.3 Å². The van der Waals surface area contributed by atoms with E-state index in [9.17, 15) is 9.59 Å². The van der Waals surface area contributed by atoms with Crippen LogP contribution in [0.1, 0.15) is 31.7 Å². The average Bonchev–Trinajstić information content (AvgIpc) is 2.43. The lowest BCUT2D eigenvalue weighted by molar-refractivity contribution is -0.144. The molecule has 0 atom stereocenters. The maximum Gasteiger partial charge on any atom is 0.306 e. The van der Waals surface area contributed by atoms with Gasteiger partial charge in [-0.1, -0.05) is 18.2 Å². The molecule has 1 aromatic carbocycles. The predicted molar refractivity (Wildman–Crippen MR) is 72.2 cm³/mol. The standard InChI is InChI=1S/C15H20O4/c1-3-19-15(17)11-10-13(16)9-8-12-6-4-5-7-14(12)18-2/h4-7H,3,8-11H2,1-2H3. The van der Waals surface area contributed by atoms with E-state index in [4.69, 9.17) is 9.47 Å². The molecule has 1 aromatic rings. The third-order valence-electron chi connectivity index (χ3n) is 2.78. The van der Waals surface area contributed by atoms with Crippen LogP contribution in [0, 0.1) is 0 Å². The SMILES string of the molecule is CCOC(=O)CCC(=O)CCc1ccccc1OC. The Morgan fingerprint density at radius 2 is 1.84 bits per heavy atom. The van der Waals surface area contributed by atoms with Crippen LogP contribution in [-0.2, 0) is 20.7 Å².